The summed E-state index contributed by atoms with van der Waals surface area (Å²) in [5, 5.41) is 0.0640. The zero-order valence-electron chi connectivity index (χ0n) is 15.8. The molecule has 0 aliphatic heterocycles. The van der Waals surface area contributed by atoms with Crippen molar-refractivity contribution in [2.75, 3.05) is 0 Å². The summed E-state index contributed by atoms with van der Waals surface area (Å²) < 4.78 is 19.9. The average Bonchev–Trinajstić information content (AvgIpc) is 3.01. The Balaban J connectivity index is 1.72. The first kappa shape index (κ1) is 19.8. The molecular formula is C23H15ClFNO4. The van der Waals surface area contributed by atoms with Gasteiger partial charge >= 0.3 is 5.76 Å². The van der Waals surface area contributed by atoms with E-state index in [2.05, 4.69) is 0 Å². The van der Waals surface area contributed by atoms with Crippen molar-refractivity contribution < 1.29 is 18.4 Å². The molecule has 30 heavy (non-hydrogen) atoms. The van der Waals surface area contributed by atoms with Crippen LogP contribution in [0.25, 0.3) is 11.1 Å². The van der Waals surface area contributed by atoms with Gasteiger partial charge in [0.1, 0.15) is 5.82 Å². The normalized spacial score (nSPS) is 11.0. The molecule has 0 fully saturated rings. The summed E-state index contributed by atoms with van der Waals surface area (Å²) in [6, 6.07) is 14.9. The van der Waals surface area contributed by atoms with Crippen molar-refractivity contribution in [3.63, 3.8) is 0 Å². The quantitative estimate of drug-likeness (QED) is 0.432. The van der Waals surface area contributed by atoms with Crippen molar-refractivity contribution in [1.29, 1.82) is 0 Å². The lowest BCUT2D eigenvalue weighted by atomic mass is 10.0. The van der Waals surface area contributed by atoms with Crippen LogP contribution < -0.4 is 5.76 Å². The third-order valence-electron chi connectivity index (χ3n) is 4.76. The Labute approximate surface area is 175 Å². The molecule has 0 N–H and O–H groups in total. The van der Waals surface area contributed by atoms with Crippen LogP contribution >= 0.6 is 11.6 Å². The molecule has 150 valence electrons. The topological polar surface area (TPSA) is 69.3 Å². The summed E-state index contributed by atoms with van der Waals surface area (Å²) in [6.07, 6.45) is 0. The van der Waals surface area contributed by atoms with E-state index in [0.29, 0.717) is 11.1 Å². The van der Waals surface area contributed by atoms with E-state index < -0.39 is 17.4 Å². The van der Waals surface area contributed by atoms with Gasteiger partial charge in [-0.25, -0.2) is 9.18 Å². The van der Waals surface area contributed by atoms with Crippen LogP contribution in [0.3, 0.4) is 0 Å². The largest absolute Gasteiger partial charge is 0.420 e. The van der Waals surface area contributed by atoms with E-state index in [0.717, 1.165) is 11.6 Å². The van der Waals surface area contributed by atoms with E-state index in [4.69, 9.17) is 16.0 Å². The van der Waals surface area contributed by atoms with Crippen molar-refractivity contribution in [3.05, 3.63) is 104 Å². The molecular weight excluding hydrogens is 409 g/mol. The number of Topliss-reactive ketones (excluding diaryl/α,β-unsaturated/α-hetero) is 1. The predicted molar refractivity (Wildman–Crippen MR) is 111 cm³/mol. The van der Waals surface area contributed by atoms with E-state index in [9.17, 15) is 18.8 Å². The molecule has 0 unspecified atom stereocenters. The summed E-state index contributed by atoms with van der Waals surface area (Å²) in [6.45, 7) is 1.68. The van der Waals surface area contributed by atoms with Crippen LogP contribution in [0.2, 0.25) is 5.02 Å². The number of hydrogen-bond donors (Lipinski definition) is 0. The van der Waals surface area contributed by atoms with Gasteiger partial charge in [-0.05, 0) is 31.2 Å². The highest BCUT2D eigenvalue weighted by Gasteiger charge is 2.20. The van der Waals surface area contributed by atoms with Gasteiger partial charge in [-0.3, -0.25) is 14.2 Å². The minimum absolute atomic E-state index is 0.0640. The van der Waals surface area contributed by atoms with Crippen molar-refractivity contribution in [1.82, 2.24) is 4.57 Å². The van der Waals surface area contributed by atoms with Crippen molar-refractivity contribution >= 4 is 34.3 Å². The van der Waals surface area contributed by atoms with E-state index >= 15 is 0 Å². The van der Waals surface area contributed by atoms with E-state index in [1.807, 2.05) is 19.1 Å². The molecule has 0 bridgehead atoms. The van der Waals surface area contributed by atoms with E-state index in [-0.39, 0.29) is 34.1 Å². The van der Waals surface area contributed by atoms with Crippen LogP contribution in [-0.4, -0.2) is 16.1 Å². The van der Waals surface area contributed by atoms with Crippen molar-refractivity contribution in [2.45, 2.75) is 13.5 Å². The number of fused-ring (bicyclic) bond motifs is 1. The first-order valence-corrected chi connectivity index (χ1v) is 9.44. The molecule has 1 aromatic heterocycles. The standard InChI is InChI=1S/C23H15ClFNO4/c1-13-5-7-14(8-6-13)20(27)12-26-19-11-18(24)17(10-21(19)30-23(26)29)22(28)15-3-2-4-16(25)9-15/h2-11H,12H2,1H3. The fourth-order valence-corrected chi connectivity index (χ4v) is 3.41. The van der Waals surface area contributed by atoms with Gasteiger partial charge in [-0.2, -0.15) is 0 Å². The second-order valence-corrected chi connectivity index (χ2v) is 7.29. The highest BCUT2D eigenvalue weighted by Crippen LogP contribution is 2.26. The van der Waals surface area contributed by atoms with Crippen LogP contribution in [0.1, 0.15) is 31.8 Å². The Bertz CT molecular complexity index is 1350. The summed E-state index contributed by atoms with van der Waals surface area (Å²) >= 11 is 6.28. The van der Waals surface area contributed by atoms with Gasteiger partial charge in [-0.1, -0.05) is 53.6 Å². The van der Waals surface area contributed by atoms with Gasteiger partial charge in [0.05, 0.1) is 17.1 Å². The van der Waals surface area contributed by atoms with Crippen LogP contribution in [0, 0.1) is 12.7 Å². The van der Waals surface area contributed by atoms with Gasteiger partial charge in [0.25, 0.3) is 0 Å². The minimum atomic E-state index is -0.739. The maximum absolute atomic E-state index is 13.5. The Morgan fingerprint density at radius 1 is 1.03 bits per heavy atom. The molecule has 0 atom stereocenters. The minimum Gasteiger partial charge on any atom is -0.408 e. The van der Waals surface area contributed by atoms with Gasteiger partial charge in [-0.15, -0.1) is 0 Å². The summed E-state index contributed by atoms with van der Waals surface area (Å²) in [5.74, 6) is -2.06. The van der Waals surface area contributed by atoms with Crippen molar-refractivity contribution in [2.24, 2.45) is 0 Å². The van der Waals surface area contributed by atoms with Crippen LogP contribution in [0.15, 0.2) is 69.9 Å². The molecule has 0 radical (unpaired) electrons. The van der Waals surface area contributed by atoms with Gasteiger partial charge in [0, 0.05) is 16.7 Å². The summed E-state index contributed by atoms with van der Waals surface area (Å²) in [4.78, 5) is 37.6. The number of ketones is 2. The Morgan fingerprint density at radius 2 is 1.77 bits per heavy atom. The smallest absolute Gasteiger partial charge is 0.408 e. The second kappa shape index (κ2) is 7.72. The first-order chi connectivity index (χ1) is 14.3. The number of nitrogens with zero attached hydrogens (tertiary/aromatic N) is 1. The number of benzene rings is 3. The third kappa shape index (κ3) is 3.69. The molecule has 0 saturated heterocycles. The highest BCUT2D eigenvalue weighted by molar-refractivity contribution is 6.35. The maximum atomic E-state index is 13.5. The molecule has 4 aromatic rings. The predicted octanol–water partition coefficient (Wildman–Crippen LogP) is 4.81. The first-order valence-electron chi connectivity index (χ1n) is 9.06. The maximum Gasteiger partial charge on any atom is 0.420 e. The molecule has 3 aromatic carbocycles. The SMILES string of the molecule is Cc1ccc(C(=O)Cn2c(=O)oc3cc(C(=O)c4cccc(F)c4)c(Cl)cc32)cc1. The zero-order chi connectivity index (χ0) is 21.4. The molecule has 0 spiro atoms. The average molecular weight is 424 g/mol. The van der Waals surface area contributed by atoms with Crippen LogP contribution in [-0.2, 0) is 6.54 Å². The molecule has 1 heterocycles. The number of carbonyl (C=O) groups excluding carboxylic acids is 2. The monoisotopic (exact) mass is 423 g/mol. The molecule has 5 nitrogen and oxygen atoms in total. The van der Waals surface area contributed by atoms with Gasteiger partial charge in [0.15, 0.2) is 17.1 Å². The number of carbonyl (C=O) groups is 2. The molecule has 0 aliphatic rings. The number of halogens is 2. The highest BCUT2D eigenvalue weighted by atomic mass is 35.5. The van der Waals surface area contributed by atoms with Crippen LogP contribution in [0.4, 0.5) is 4.39 Å². The van der Waals surface area contributed by atoms with Gasteiger partial charge < -0.3 is 4.42 Å². The number of aromatic nitrogens is 1. The number of oxazole rings is 1. The number of rotatable bonds is 5. The Kier molecular flexibility index (Phi) is 5.10. The fourth-order valence-electron chi connectivity index (χ4n) is 3.17. The molecule has 4 rings (SSSR count). The molecule has 0 saturated carbocycles. The lowest BCUT2D eigenvalue weighted by Crippen LogP contribution is -2.20. The summed E-state index contributed by atoms with van der Waals surface area (Å²) in [7, 11) is 0. The third-order valence-corrected chi connectivity index (χ3v) is 5.08. The van der Waals surface area contributed by atoms with Crippen molar-refractivity contribution in [3.8, 4) is 0 Å². The molecule has 0 amide bonds. The summed E-state index contributed by atoms with van der Waals surface area (Å²) in [5.41, 5.74) is 2.07. The Morgan fingerprint density at radius 3 is 2.47 bits per heavy atom. The lowest BCUT2D eigenvalue weighted by molar-refractivity contribution is 0.0969. The van der Waals surface area contributed by atoms with Crippen LogP contribution in [0.5, 0.6) is 0 Å². The fraction of sp³-hybridized carbons (Fsp3) is 0.0870. The molecule has 0 aliphatic carbocycles. The second-order valence-electron chi connectivity index (χ2n) is 6.88. The number of hydrogen-bond acceptors (Lipinski definition) is 4. The Hall–Kier alpha value is -3.51. The number of aryl methyl sites for hydroxylation is 1. The molecule has 7 heteroatoms. The lowest BCUT2D eigenvalue weighted by Gasteiger charge is -2.06. The zero-order valence-corrected chi connectivity index (χ0v) is 16.6. The van der Waals surface area contributed by atoms with E-state index in [1.165, 1.54) is 34.9 Å². The van der Waals surface area contributed by atoms with Gasteiger partial charge in [0.2, 0.25) is 0 Å². The van der Waals surface area contributed by atoms with E-state index in [1.54, 1.807) is 12.1 Å².